The van der Waals surface area contributed by atoms with Crippen LogP contribution in [0.3, 0.4) is 0 Å². The van der Waals surface area contributed by atoms with Gasteiger partial charge in [-0.15, -0.1) is 5.10 Å². The van der Waals surface area contributed by atoms with Gasteiger partial charge in [0.25, 0.3) is 0 Å². The van der Waals surface area contributed by atoms with Gasteiger partial charge in [0.1, 0.15) is 10.8 Å². The third-order valence-corrected chi connectivity index (χ3v) is 3.08. The fourth-order valence-corrected chi connectivity index (χ4v) is 2.03. The molecule has 0 spiro atoms. The monoisotopic (exact) mass is 234 g/mol. The summed E-state index contributed by atoms with van der Waals surface area (Å²) in [6.45, 7) is 1.89. The third-order valence-electron chi connectivity index (χ3n) is 2.11. The molecule has 2 nitrogen and oxygen atoms in total. The number of hydrogen-bond acceptors (Lipinski definition) is 3. The van der Waals surface area contributed by atoms with E-state index in [2.05, 4.69) is 10.2 Å². The van der Waals surface area contributed by atoms with Crippen molar-refractivity contribution in [1.29, 1.82) is 0 Å². The zero-order valence-corrected chi connectivity index (χ0v) is 9.67. The molecule has 0 N–H and O–H groups in total. The van der Waals surface area contributed by atoms with Gasteiger partial charge in [-0.25, -0.2) is 4.39 Å². The van der Waals surface area contributed by atoms with Crippen LogP contribution < -0.4 is 0 Å². The zero-order valence-electron chi connectivity index (χ0n) is 8.85. The van der Waals surface area contributed by atoms with Crippen LogP contribution in [-0.2, 0) is 5.75 Å². The Labute approximate surface area is 97.9 Å². The van der Waals surface area contributed by atoms with Gasteiger partial charge < -0.3 is 0 Å². The second kappa shape index (κ2) is 5.07. The van der Waals surface area contributed by atoms with E-state index in [0.29, 0.717) is 11.3 Å². The fraction of sp³-hybridized carbons (Fsp3) is 0.167. The summed E-state index contributed by atoms with van der Waals surface area (Å²) in [5, 5.41) is 8.78. The van der Waals surface area contributed by atoms with Gasteiger partial charge in [0.05, 0.1) is 5.69 Å². The van der Waals surface area contributed by atoms with Crippen LogP contribution in [0.1, 0.15) is 11.3 Å². The molecular weight excluding hydrogens is 223 g/mol. The van der Waals surface area contributed by atoms with E-state index in [1.165, 1.54) is 17.8 Å². The molecule has 0 bridgehead atoms. The van der Waals surface area contributed by atoms with Gasteiger partial charge in [0, 0.05) is 5.75 Å². The van der Waals surface area contributed by atoms with Crippen LogP contribution in [0, 0.1) is 12.7 Å². The Kier molecular flexibility index (Phi) is 3.51. The third kappa shape index (κ3) is 2.79. The van der Waals surface area contributed by atoms with Crippen molar-refractivity contribution in [3.8, 4) is 0 Å². The first-order valence-corrected chi connectivity index (χ1v) is 5.91. The number of benzene rings is 1. The van der Waals surface area contributed by atoms with Gasteiger partial charge in [-0.3, -0.25) is 0 Å². The van der Waals surface area contributed by atoms with Gasteiger partial charge in [-0.05, 0) is 30.7 Å². The molecule has 0 aliphatic heterocycles. The van der Waals surface area contributed by atoms with E-state index in [9.17, 15) is 4.39 Å². The lowest BCUT2D eigenvalue weighted by Crippen LogP contribution is -1.90. The van der Waals surface area contributed by atoms with E-state index in [1.54, 1.807) is 12.1 Å². The highest BCUT2D eigenvalue weighted by Crippen LogP contribution is 2.21. The average Bonchev–Trinajstić information content (AvgIpc) is 2.30. The Hall–Kier alpha value is -1.42. The largest absolute Gasteiger partial charge is 0.207 e. The lowest BCUT2D eigenvalue weighted by atomic mass is 10.2. The molecule has 16 heavy (non-hydrogen) atoms. The van der Waals surface area contributed by atoms with Crippen molar-refractivity contribution >= 4 is 11.8 Å². The molecule has 0 amide bonds. The minimum atomic E-state index is -0.171. The standard InChI is InChI=1S/C12H11FN2S/c1-9-6-7-12(15-14-9)16-8-10-4-2-3-5-11(10)13/h2-7H,8H2,1H3. The highest BCUT2D eigenvalue weighted by molar-refractivity contribution is 7.98. The van der Waals surface area contributed by atoms with Crippen LogP contribution in [0.25, 0.3) is 0 Å². The van der Waals surface area contributed by atoms with Crippen molar-refractivity contribution in [1.82, 2.24) is 10.2 Å². The van der Waals surface area contributed by atoms with Crippen LogP contribution >= 0.6 is 11.8 Å². The molecule has 1 aromatic carbocycles. The van der Waals surface area contributed by atoms with E-state index in [1.807, 2.05) is 25.1 Å². The fourth-order valence-electron chi connectivity index (χ4n) is 1.23. The summed E-state index contributed by atoms with van der Waals surface area (Å²) in [6, 6.07) is 10.6. The summed E-state index contributed by atoms with van der Waals surface area (Å²) in [7, 11) is 0. The first-order chi connectivity index (χ1) is 7.75. The van der Waals surface area contributed by atoms with Crippen LogP contribution in [0.15, 0.2) is 41.4 Å². The Morgan fingerprint density at radius 1 is 1.12 bits per heavy atom. The number of aryl methyl sites for hydroxylation is 1. The maximum Gasteiger partial charge on any atom is 0.127 e. The van der Waals surface area contributed by atoms with E-state index in [-0.39, 0.29) is 5.82 Å². The molecule has 2 rings (SSSR count). The van der Waals surface area contributed by atoms with Crippen LogP contribution in [0.4, 0.5) is 4.39 Å². The van der Waals surface area contributed by atoms with Crippen LogP contribution in [0.2, 0.25) is 0 Å². The summed E-state index contributed by atoms with van der Waals surface area (Å²) in [5.74, 6) is 0.403. The van der Waals surface area contributed by atoms with Gasteiger partial charge in [0.2, 0.25) is 0 Å². The summed E-state index contributed by atoms with van der Waals surface area (Å²) < 4.78 is 13.3. The summed E-state index contributed by atoms with van der Waals surface area (Å²) in [5.41, 5.74) is 1.57. The highest BCUT2D eigenvalue weighted by atomic mass is 32.2. The minimum absolute atomic E-state index is 0.171. The molecule has 0 unspecified atom stereocenters. The predicted molar refractivity (Wildman–Crippen MR) is 62.7 cm³/mol. The van der Waals surface area contributed by atoms with Crippen molar-refractivity contribution in [3.63, 3.8) is 0 Å². The SMILES string of the molecule is Cc1ccc(SCc2ccccc2F)nn1. The van der Waals surface area contributed by atoms with E-state index in [4.69, 9.17) is 0 Å². The van der Waals surface area contributed by atoms with Crippen LogP contribution in [0.5, 0.6) is 0 Å². The normalized spacial score (nSPS) is 10.4. The van der Waals surface area contributed by atoms with E-state index in [0.717, 1.165) is 10.7 Å². The Morgan fingerprint density at radius 2 is 1.94 bits per heavy atom. The molecule has 0 saturated heterocycles. The summed E-state index contributed by atoms with van der Waals surface area (Å²) in [6.07, 6.45) is 0. The molecule has 1 heterocycles. The predicted octanol–water partition coefficient (Wildman–Crippen LogP) is 3.22. The van der Waals surface area contributed by atoms with Gasteiger partial charge in [0.15, 0.2) is 0 Å². The topological polar surface area (TPSA) is 25.8 Å². The van der Waals surface area contributed by atoms with Crippen molar-refractivity contribution in [2.24, 2.45) is 0 Å². The number of aromatic nitrogens is 2. The quantitative estimate of drug-likeness (QED) is 0.763. The smallest absolute Gasteiger partial charge is 0.127 e. The van der Waals surface area contributed by atoms with Crippen LogP contribution in [-0.4, -0.2) is 10.2 Å². The van der Waals surface area contributed by atoms with Gasteiger partial charge in [-0.2, -0.15) is 5.10 Å². The first kappa shape index (κ1) is 11.1. The number of halogens is 1. The number of nitrogens with zero attached hydrogens (tertiary/aromatic N) is 2. The molecule has 0 saturated carbocycles. The Balaban J connectivity index is 2.02. The van der Waals surface area contributed by atoms with Gasteiger partial charge >= 0.3 is 0 Å². The lowest BCUT2D eigenvalue weighted by molar-refractivity contribution is 0.617. The summed E-state index contributed by atoms with van der Waals surface area (Å²) in [4.78, 5) is 0. The van der Waals surface area contributed by atoms with E-state index >= 15 is 0 Å². The number of rotatable bonds is 3. The van der Waals surface area contributed by atoms with Crippen molar-refractivity contribution in [2.75, 3.05) is 0 Å². The Morgan fingerprint density at radius 3 is 2.62 bits per heavy atom. The van der Waals surface area contributed by atoms with Gasteiger partial charge in [-0.1, -0.05) is 30.0 Å². The molecule has 4 heteroatoms. The molecule has 0 atom stereocenters. The first-order valence-electron chi connectivity index (χ1n) is 4.92. The molecule has 1 aromatic heterocycles. The zero-order chi connectivity index (χ0) is 11.4. The van der Waals surface area contributed by atoms with Crippen molar-refractivity contribution in [2.45, 2.75) is 17.7 Å². The minimum Gasteiger partial charge on any atom is -0.207 e. The Bertz CT molecular complexity index is 471. The molecule has 0 aliphatic carbocycles. The molecule has 82 valence electrons. The maximum atomic E-state index is 13.3. The van der Waals surface area contributed by atoms with Crippen molar-refractivity contribution in [3.05, 3.63) is 53.5 Å². The number of thioether (sulfide) groups is 1. The number of hydrogen-bond donors (Lipinski definition) is 0. The molecule has 0 fully saturated rings. The highest BCUT2D eigenvalue weighted by Gasteiger charge is 2.02. The van der Waals surface area contributed by atoms with Crippen molar-refractivity contribution < 1.29 is 4.39 Å². The maximum absolute atomic E-state index is 13.3. The summed E-state index contributed by atoms with van der Waals surface area (Å²) >= 11 is 1.48. The second-order valence-electron chi connectivity index (χ2n) is 3.39. The average molecular weight is 234 g/mol. The molecule has 0 aliphatic rings. The molecule has 2 aromatic rings. The molecular formula is C12H11FN2S. The lowest BCUT2D eigenvalue weighted by Gasteiger charge is -2.02. The molecule has 0 radical (unpaired) electrons. The second-order valence-corrected chi connectivity index (χ2v) is 4.39. The van der Waals surface area contributed by atoms with E-state index < -0.39 is 0 Å².